The van der Waals surface area contributed by atoms with Gasteiger partial charge in [-0.2, -0.15) is 0 Å². The number of morpholine rings is 1. The molecule has 0 amide bonds. The molecule has 2 aliphatic heterocycles. The maximum Gasteiger partial charge on any atom is 0.124 e. The first-order valence-corrected chi connectivity index (χ1v) is 9.60. The Kier molecular flexibility index (Phi) is 6.47. The lowest BCUT2D eigenvalue weighted by Gasteiger charge is -2.37. The number of para-hydroxylation sites is 1. The summed E-state index contributed by atoms with van der Waals surface area (Å²) in [6.45, 7) is 6.66. The number of hydrogen-bond acceptors (Lipinski definition) is 7. The molecule has 0 radical (unpaired) electrons. The van der Waals surface area contributed by atoms with Gasteiger partial charge in [0.25, 0.3) is 0 Å². The third-order valence-corrected chi connectivity index (χ3v) is 5.38. The van der Waals surface area contributed by atoms with Crippen molar-refractivity contribution in [2.24, 2.45) is 23.1 Å². The van der Waals surface area contributed by atoms with Crippen LogP contribution < -0.4 is 17.2 Å². The second kappa shape index (κ2) is 9.01. The van der Waals surface area contributed by atoms with E-state index in [2.05, 4.69) is 9.80 Å². The van der Waals surface area contributed by atoms with E-state index < -0.39 is 0 Å². The third-order valence-electron chi connectivity index (χ3n) is 5.38. The van der Waals surface area contributed by atoms with Gasteiger partial charge in [0.2, 0.25) is 0 Å². The normalized spacial score (nSPS) is 19.9. The number of nitrogens with two attached hydrogens (primary N) is 3. The number of aromatic hydroxyl groups is 1. The molecule has 2 fully saturated rings. The van der Waals surface area contributed by atoms with E-state index >= 15 is 0 Å². The molecule has 1 aromatic carbocycles. The summed E-state index contributed by atoms with van der Waals surface area (Å²) < 4.78 is 5.43. The molecule has 0 spiro atoms. The summed E-state index contributed by atoms with van der Waals surface area (Å²) in [7, 11) is 0. The fourth-order valence-corrected chi connectivity index (χ4v) is 3.81. The fraction of sp³-hybridized carbons (Fsp3) is 0.500. The van der Waals surface area contributed by atoms with Crippen molar-refractivity contribution in [2.75, 3.05) is 45.9 Å². The van der Waals surface area contributed by atoms with Crippen molar-refractivity contribution in [3.63, 3.8) is 0 Å². The Hall–Kier alpha value is -2.38. The van der Waals surface area contributed by atoms with Crippen LogP contribution in [-0.2, 0) is 4.74 Å². The largest absolute Gasteiger partial charge is 0.507 e. The number of benzene rings is 1. The molecular weight excluding hydrogens is 342 g/mol. The molecule has 2 aliphatic rings. The lowest BCUT2D eigenvalue weighted by molar-refractivity contribution is 0.0258. The zero-order valence-corrected chi connectivity index (χ0v) is 15.8. The highest BCUT2D eigenvalue weighted by Gasteiger charge is 2.24. The second-order valence-corrected chi connectivity index (χ2v) is 7.30. The number of piperidine rings is 1. The van der Waals surface area contributed by atoms with Crippen LogP contribution in [0.25, 0.3) is 5.70 Å². The van der Waals surface area contributed by atoms with E-state index in [1.165, 1.54) is 0 Å². The summed E-state index contributed by atoms with van der Waals surface area (Å²) in [5.41, 5.74) is 19.9. The van der Waals surface area contributed by atoms with Crippen molar-refractivity contribution in [1.29, 1.82) is 0 Å². The van der Waals surface area contributed by atoms with Gasteiger partial charge in [0.15, 0.2) is 0 Å². The maximum absolute atomic E-state index is 10.0. The second-order valence-electron chi connectivity index (χ2n) is 7.30. The van der Waals surface area contributed by atoms with E-state index in [-0.39, 0.29) is 11.6 Å². The third kappa shape index (κ3) is 5.08. The van der Waals surface area contributed by atoms with Crippen LogP contribution in [0, 0.1) is 5.92 Å². The Morgan fingerprint density at radius 3 is 2.37 bits per heavy atom. The monoisotopic (exact) mass is 373 g/mol. The summed E-state index contributed by atoms with van der Waals surface area (Å²) in [6, 6.07) is 6.99. The average Bonchev–Trinajstić information content (AvgIpc) is 2.68. The highest BCUT2D eigenvalue weighted by molar-refractivity contribution is 5.69. The SMILES string of the molecule is NC(N)=C(/C=C(\N)c1ccccc1O)N1CCC(CN2CCOCC2)CC1. The number of hydrogen-bond donors (Lipinski definition) is 4. The molecule has 0 unspecified atom stereocenters. The van der Waals surface area contributed by atoms with Crippen LogP contribution in [-0.4, -0.2) is 60.8 Å². The summed E-state index contributed by atoms with van der Waals surface area (Å²) >= 11 is 0. The van der Waals surface area contributed by atoms with Crippen molar-refractivity contribution in [2.45, 2.75) is 12.8 Å². The van der Waals surface area contributed by atoms with Gasteiger partial charge in [0.05, 0.1) is 18.9 Å². The molecular formula is C20H31N5O2. The fourth-order valence-electron chi connectivity index (χ4n) is 3.81. The van der Waals surface area contributed by atoms with Gasteiger partial charge < -0.3 is 31.9 Å². The van der Waals surface area contributed by atoms with E-state index in [4.69, 9.17) is 21.9 Å². The molecule has 7 heteroatoms. The van der Waals surface area contributed by atoms with E-state index in [9.17, 15) is 5.11 Å². The Labute approximate surface area is 161 Å². The van der Waals surface area contributed by atoms with Crippen LogP contribution in [0.1, 0.15) is 18.4 Å². The Morgan fingerprint density at radius 2 is 1.74 bits per heavy atom. The zero-order chi connectivity index (χ0) is 19.2. The molecule has 2 heterocycles. The van der Waals surface area contributed by atoms with Gasteiger partial charge in [-0.25, -0.2) is 0 Å². The number of phenolic OH excluding ortho intramolecular Hbond substituents is 1. The molecule has 0 saturated carbocycles. The predicted octanol–water partition coefficient (Wildman–Crippen LogP) is 0.822. The molecule has 2 saturated heterocycles. The van der Waals surface area contributed by atoms with Gasteiger partial charge in [-0.05, 0) is 37.0 Å². The van der Waals surface area contributed by atoms with Crippen molar-refractivity contribution in [3.05, 3.63) is 47.4 Å². The Bertz CT molecular complexity index is 685. The zero-order valence-electron chi connectivity index (χ0n) is 15.8. The summed E-state index contributed by atoms with van der Waals surface area (Å²) in [5.74, 6) is 1.07. The van der Waals surface area contributed by atoms with Crippen LogP contribution in [0.15, 0.2) is 41.9 Å². The molecule has 0 bridgehead atoms. The molecule has 0 aliphatic carbocycles. The first-order valence-electron chi connectivity index (χ1n) is 9.60. The number of rotatable bonds is 5. The molecule has 1 aromatic rings. The average molecular weight is 374 g/mol. The molecule has 7 N–H and O–H groups in total. The van der Waals surface area contributed by atoms with Crippen molar-refractivity contribution < 1.29 is 9.84 Å². The molecule has 27 heavy (non-hydrogen) atoms. The Morgan fingerprint density at radius 1 is 1.07 bits per heavy atom. The standard InChI is InChI=1S/C20H31N5O2/c21-17(16-3-1-2-4-19(16)26)13-18(20(22)23)25-7-5-15(6-8-25)14-24-9-11-27-12-10-24/h1-4,13,15,26H,5-12,14,21-23H2/b17-13-. The molecule has 148 valence electrons. The van der Waals surface area contributed by atoms with E-state index in [1.807, 2.05) is 6.07 Å². The molecule has 7 nitrogen and oxygen atoms in total. The van der Waals surface area contributed by atoms with Gasteiger partial charge in [-0.1, -0.05) is 12.1 Å². The summed E-state index contributed by atoms with van der Waals surface area (Å²) in [5, 5.41) is 10.0. The van der Waals surface area contributed by atoms with E-state index in [0.717, 1.165) is 64.5 Å². The minimum Gasteiger partial charge on any atom is -0.507 e. The lowest BCUT2D eigenvalue weighted by atomic mass is 9.95. The van der Waals surface area contributed by atoms with Crippen LogP contribution in [0.3, 0.4) is 0 Å². The van der Waals surface area contributed by atoms with Crippen molar-refractivity contribution in [1.82, 2.24) is 9.80 Å². The number of allylic oxidation sites excluding steroid dienone is 1. The smallest absolute Gasteiger partial charge is 0.124 e. The topological polar surface area (TPSA) is 114 Å². The number of likely N-dealkylation sites (tertiary alicyclic amines) is 1. The highest BCUT2D eigenvalue weighted by Crippen LogP contribution is 2.26. The summed E-state index contributed by atoms with van der Waals surface area (Å²) in [4.78, 5) is 4.69. The van der Waals surface area contributed by atoms with Crippen molar-refractivity contribution in [3.8, 4) is 5.75 Å². The van der Waals surface area contributed by atoms with Gasteiger partial charge in [0, 0.05) is 44.0 Å². The quantitative estimate of drug-likeness (QED) is 0.565. The van der Waals surface area contributed by atoms with Gasteiger partial charge in [-0.3, -0.25) is 4.90 Å². The van der Waals surface area contributed by atoms with Crippen LogP contribution >= 0.6 is 0 Å². The van der Waals surface area contributed by atoms with Gasteiger partial charge >= 0.3 is 0 Å². The van der Waals surface area contributed by atoms with Crippen LogP contribution in [0.4, 0.5) is 0 Å². The van der Waals surface area contributed by atoms with E-state index in [0.29, 0.717) is 17.2 Å². The first kappa shape index (κ1) is 19.4. The summed E-state index contributed by atoms with van der Waals surface area (Å²) in [6.07, 6.45) is 3.96. The van der Waals surface area contributed by atoms with Gasteiger partial charge in [0.1, 0.15) is 11.6 Å². The molecule has 3 rings (SSSR count). The Balaban J connectivity index is 1.63. The number of phenols is 1. The molecule has 0 atom stereocenters. The number of nitrogens with zero attached hydrogens (tertiary/aromatic N) is 2. The van der Waals surface area contributed by atoms with Crippen molar-refractivity contribution >= 4 is 5.70 Å². The van der Waals surface area contributed by atoms with Crippen LogP contribution in [0.5, 0.6) is 5.75 Å². The van der Waals surface area contributed by atoms with Gasteiger partial charge in [-0.15, -0.1) is 0 Å². The maximum atomic E-state index is 10.0. The molecule has 0 aromatic heterocycles. The lowest BCUT2D eigenvalue weighted by Crippen LogP contribution is -2.43. The number of ether oxygens (including phenoxy) is 1. The highest BCUT2D eigenvalue weighted by atomic mass is 16.5. The first-order chi connectivity index (χ1) is 13.0. The van der Waals surface area contributed by atoms with Crippen LogP contribution in [0.2, 0.25) is 0 Å². The van der Waals surface area contributed by atoms with E-state index in [1.54, 1.807) is 24.3 Å². The minimum absolute atomic E-state index is 0.144. The minimum atomic E-state index is 0.144. The predicted molar refractivity (Wildman–Crippen MR) is 107 cm³/mol.